The van der Waals surface area contributed by atoms with E-state index in [9.17, 15) is 4.79 Å². The van der Waals surface area contributed by atoms with Crippen LogP contribution >= 0.6 is 0 Å². The van der Waals surface area contributed by atoms with Gasteiger partial charge in [-0.1, -0.05) is 68.2 Å². The van der Waals surface area contributed by atoms with Crippen molar-refractivity contribution in [1.29, 1.82) is 0 Å². The molecule has 0 N–H and O–H groups in total. The van der Waals surface area contributed by atoms with Crippen LogP contribution in [0.1, 0.15) is 54.1 Å². The maximum atomic E-state index is 12.9. The summed E-state index contributed by atoms with van der Waals surface area (Å²) < 4.78 is 12.4. The fourth-order valence-corrected chi connectivity index (χ4v) is 4.38. The Hall–Kier alpha value is -2.57. The molecule has 2 aromatic rings. The summed E-state index contributed by atoms with van der Waals surface area (Å²) in [5, 5.41) is 0. The first-order valence-corrected chi connectivity index (χ1v) is 9.69. The third-order valence-corrected chi connectivity index (χ3v) is 5.85. The molecule has 1 fully saturated rings. The lowest BCUT2D eigenvalue weighted by Gasteiger charge is -2.40. The van der Waals surface area contributed by atoms with Gasteiger partial charge >= 0.3 is 5.97 Å². The minimum Gasteiger partial charge on any atom is -0.435 e. The first-order chi connectivity index (χ1) is 13.2. The van der Waals surface area contributed by atoms with Crippen LogP contribution in [-0.4, -0.2) is 17.7 Å². The molecule has 3 atom stereocenters. The molecule has 3 heteroatoms. The van der Waals surface area contributed by atoms with Gasteiger partial charge in [-0.3, -0.25) is 0 Å². The van der Waals surface area contributed by atoms with Gasteiger partial charge in [0.15, 0.2) is 5.60 Å². The summed E-state index contributed by atoms with van der Waals surface area (Å²) in [5.41, 5.74) is 0.716. The third kappa shape index (κ3) is 2.76. The highest BCUT2D eigenvalue weighted by Gasteiger charge is 2.72. The van der Waals surface area contributed by atoms with Crippen LogP contribution in [-0.2, 0) is 21.5 Å². The number of esters is 1. The van der Waals surface area contributed by atoms with E-state index in [1.807, 2.05) is 36.4 Å². The van der Waals surface area contributed by atoms with Gasteiger partial charge in [-0.05, 0) is 37.0 Å². The average molecular weight is 360 g/mol. The number of aryl methyl sites for hydroxylation is 1. The van der Waals surface area contributed by atoms with Crippen molar-refractivity contribution < 1.29 is 14.3 Å². The van der Waals surface area contributed by atoms with Crippen molar-refractivity contribution in [3.05, 3.63) is 71.3 Å². The van der Waals surface area contributed by atoms with Crippen molar-refractivity contribution in [2.24, 2.45) is 0 Å². The third-order valence-electron chi connectivity index (χ3n) is 5.85. The number of ether oxygens (including phenoxy) is 2. The van der Waals surface area contributed by atoms with E-state index in [4.69, 9.17) is 15.9 Å². The highest BCUT2D eigenvalue weighted by molar-refractivity contribution is 5.90. The van der Waals surface area contributed by atoms with Crippen LogP contribution < -0.4 is 0 Å². The summed E-state index contributed by atoms with van der Waals surface area (Å²) in [5.74, 6) is 2.46. The van der Waals surface area contributed by atoms with Gasteiger partial charge in [0.05, 0.1) is 11.7 Å². The molecule has 2 aromatic carbocycles. The predicted molar refractivity (Wildman–Crippen MR) is 104 cm³/mol. The summed E-state index contributed by atoms with van der Waals surface area (Å²) in [6.07, 6.45) is 10.9. The number of unbranched alkanes of at least 4 members (excludes halogenated alkanes) is 1. The van der Waals surface area contributed by atoms with E-state index in [1.165, 1.54) is 0 Å². The molecule has 0 saturated carbocycles. The Labute approximate surface area is 160 Å². The first kappa shape index (κ1) is 17.8. The van der Waals surface area contributed by atoms with Crippen LogP contribution in [0.15, 0.2) is 54.6 Å². The van der Waals surface area contributed by atoms with Crippen molar-refractivity contribution in [2.75, 3.05) is 0 Å². The van der Waals surface area contributed by atoms with E-state index in [1.54, 1.807) is 12.1 Å². The van der Waals surface area contributed by atoms with E-state index in [2.05, 4.69) is 18.9 Å². The maximum Gasteiger partial charge on any atom is 0.340 e. The SMILES string of the molecule is C#CC1(OC(=O)c2ccccc2)c2ccccc2CCC12OC2CCCC. The Morgan fingerprint density at radius 3 is 2.70 bits per heavy atom. The fraction of sp³-hybridized carbons (Fsp3) is 0.375. The minimum absolute atomic E-state index is 0.0328. The second kappa shape index (κ2) is 6.87. The first-order valence-electron chi connectivity index (χ1n) is 9.69. The molecule has 2 aliphatic rings. The number of epoxide rings is 1. The van der Waals surface area contributed by atoms with Crippen LogP contribution in [0.2, 0.25) is 0 Å². The summed E-state index contributed by atoms with van der Waals surface area (Å²) in [7, 11) is 0. The van der Waals surface area contributed by atoms with Gasteiger partial charge in [0, 0.05) is 5.56 Å². The van der Waals surface area contributed by atoms with Crippen LogP contribution in [0.5, 0.6) is 0 Å². The topological polar surface area (TPSA) is 38.8 Å². The standard InChI is InChI=1S/C24H24O3/c1-3-5-15-21-24(26-21)17-16-18-11-9-10-14-20(18)23(24,4-2)27-22(25)19-12-7-6-8-13-19/h2,6-14,21H,3,5,15-17H2,1H3. The molecule has 0 aromatic heterocycles. The average Bonchev–Trinajstić information content (AvgIpc) is 3.43. The molecule has 1 heterocycles. The number of carbonyl (C=O) groups excluding carboxylic acids is 1. The highest BCUT2D eigenvalue weighted by Crippen LogP contribution is 2.59. The Kier molecular flexibility index (Phi) is 4.53. The molecule has 1 spiro atoms. The van der Waals surface area contributed by atoms with E-state index < -0.39 is 17.2 Å². The summed E-state index contributed by atoms with van der Waals surface area (Å²) in [6.45, 7) is 2.16. The minimum atomic E-state index is -1.19. The number of terminal acetylenes is 1. The fourth-order valence-electron chi connectivity index (χ4n) is 4.38. The molecule has 1 aliphatic carbocycles. The lowest BCUT2D eigenvalue weighted by atomic mass is 9.69. The maximum absolute atomic E-state index is 12.9. The van der Waals surface area contributed by atoms with E-state index >= 15 is 0 Å². The molecular weight excluding hydrogens is 336 g/mol. The molecule has 0 bridgehead atoms. The Morgan fingerprint density at radius 2 is 1.96 bits per heavy atom. The number of hydrogen-bond donors (Lipinski definition) is 0. The largest absolute Gasteiger partial charge is 0.435 e. The van der Waals surface area contributed by atoms with Crippen molar-refractivity contribution >= 4 is 5.97 Å². The number of fused-ring (bicyclic) bond motifs is 1. The van der Waals surface area contributed by atoms with Crippen molar-refractivity contribution in [3.63, 3.8) is 0 Å². The quantitative estimate of drug-likeness (QED) is 0.443. The Bertz CT molecular complexity index is 882. The van der Waals surface area contributed by atoms with Crippen LogP contribution in [0.25, 0.3) is 0 Å². The predicted octanol–water partition coefficient (Wildman–Crippen LogP) is 4.65. The van der Waals surface area contributed by atoms with Gasteiger partial charge in [-0.2, -0.15) is 0 Å². The lowest BCUT2D eigenvalue weighted by Crippen LogP contribution is -2.50. The van der Waals surface area contributed by atoms with Gasteiger partial charge in [0.2, 0.25) is 5.60 Å². The molecule has 0 radical (unpaired) electrons. The van der Waals surface area contributed by atoms with Gasteiger partial charge in [-0.25, -0.2) is 4.79 Å². The van der Waals surface area contributed by atoms with E-state index in [0.717, 1.165) is 43.2 Å². The zero-order valence-corrected chi connectivity index (χ0v) is 15.6. The molecule has 4 rings (SSSR count). The smallest absolute Gasteiger partial charge is 0.340 e. The van der Waals surface area contributed by atoms with Gasteiger partial charge in [-0.15, -0.1) is 6.42 Å². The summed E-state index contributed by atoms with van der Waals surface area (Å²) in [6, 6.07) is 17.0. The number of hydrogen-bond acceptors (Lipinski definition) is 3. The van der Waals surface area contributed by atoms with Crippen molar-refractivity contribution in [3.8, 4) is 12.3 Å². The monoisotopic (exact) mass is 360 g/mol. The lowest BCUT2D eigenvalue weighted by molar-refractivity contribution is -0.0401. The van der Waals surface area contributed by atoms with Gasteiger partial charge in [0.25, 0.3) is 0 Å². The van der Waals surface area contributed by atoms with Gasteiger partial charge < -0.3 is 9.47 Å². The zero-order chi connectivity index (χ0) is 18.9. The van der Waals surface area contributed by atoms with E-state index in [0.29, 0.717) is 5.56 Å². The van der Waals surface area contributed by atoms with Crippen LogP contribution in [0.3, 0.4) is 0 Å². The van der Waals surface area contributed by atoms with Crippen molar-refractivity contribution in [2.45, 2.75) is 56.3 Å². The highest BCUT2D eigenvalue weighted by atomic mass is 16.7. The number of benzene rings is 2. The molecule has 27 heavy (non-hydrogen) atoms. The molecule has 1 aliphatic heterocycles. The van der Waals surface area contributed by atoms with Crippen LogP contribution in [0.4, 0.5) is 0 Å². The summed E-state index contributed by atoms with van der Waals surface area (Å²) >= 11 is 0. The molecule has 1 saturated heterocycles. The molecular formula is C24H24O3. The molecule has 3 nitrogen and oxygen atoms in total. The zero-order valence-electron chi connectivity index (χ0n) is 15.6. The Morgan fingerprint density at radius 1 is 1.22 bits per heavy atom. The van der Waals surface area contributed by atoms with Crippen LogP contribution in [0, 0.1) is 12.3 Å². The second-order valence-corrected chi connectivity index (χ2v) is 7.38. The number of carbonyl (C=O) groups is 1. The normalized spacial score (nSPS) is 28.2. The van der Waals surface area contributed by atoms with E-state index in [-0.39, 0.29) is 6.10 Å². The summed E-state index contributed by atoms with van der Waals surface area (Å²) in [4.78, 5) is 12.9. The van der Waals surface area contributed by atoms with Crippen molar-refractivity contribution in [1.82, 2.24) is 0 Å². The molecule has 3 unspecified atom stereocenters. The van der Waals surface area contributed by atoms with Gasteiger partial charge in [0.1, 0.15) is 0 Å². The molecule has 138 valence electrons. The molecule has 0 amide bonds. The number of rotatable bonds is 5. The second-order valence-electron chi connectivity index (χ2n) is 7.38. The Balaban J connectivity index is 1.76.